The van der Waals surface area contributed by atoms with Gasteiger partial charge in [0, 0.05) is 45.3 Å². The Morgan fingerprint density at radius 2 is 2.07 bits per heavy atom. The lowest BCUT2D eigenvalue weighted by molar-refractivity contribution is -0.121. The number of aliphatic imine (C=N–C) groups is 1. The van der Waals surface area contributed by atoms with E-state index in [1.807, 2.05) is 29.2 Å². The molecule has 2 aliphatic rings. The minimum Gasteiger partial charge on any atom is -0.482 e. The van der Waals surface area contributed by atoms with Gasteiger partial charge in [-0.25, -0.2) is 0 Å². The zero-order chi connectivity index (χ0) is 20.1. The zero-order valence-corrected chi connectivity index (χ0v) is 20.2. The summed E-state index contributed by atoms with van der Waals surface area (Å²) in [6.07, 6.45) is 0.832. The predicted molar refractivity (Wildman–Crippen MR) is 128 cm³/mol. The topological polar surface area (TPSA) is 69.2 Å². The van der Waals surface area contributed by atoms with Crippen molar-refractivity contribution in [3.63, 3.8) is 0 Å². The maximum Gasteiger partial charge on any atom is 0.265 e. The second kappa shape index (κ2) is 11.0. The van der Waals surface area contributed by atoms with Crippen molar-refractivity contribution in [2.45, 2.75) is 39.3 Å². The molecule has 8 heteroatoms. The number of nitrogens with zero attached hydrogens (tertiary/aromatic N) is 3. The van der Waals surface area contributed by atoms with Crippen LogP contribution < -0.4 is 20.3 Å². The summed E-state index contributed by atoms with van der Waals surface area (Å²) in [4.78, 5) is 20.9. The lowest BCUT2D eigenvalue weighted by Crippen LogP contribution is -2.47. The standard InChI is InChI=1S/C21H33N5O2.HI/c1-15(2)25-12-16(3)17(13-25)24-21(22-4)23-10-7-11-26-18-8-5-6-9-19(18)28-14-20(26)27;/h5-6,8-9,15-17H,7,10-14H2,1-4H3,(H2,22,23,24);1H. The number of guanidine groups is 1. The molecule has 0 bridgehead atoms. The summed E-state index contributed by atoms with van der Waals surface area (Å²) in [7, 11) is 1.80. The fourth-order valence-electron chi connectivity index (χ4n) is 3.83. The fourth-order valence-corrected chi connectivity index (χ4v) is 3.83. The van der Waals surface area contributed by atoms with E-state index in [2.05, 4.69) is 41.3 Å². The predicted octanol–water partition coefficient (Wildman–Crippen LogP) is 2.31. The van der Waals surface area contributed by atoms with Crippen LogP contribution in [0.2, 0.25) is 0 Å². The SMILES string of the molecule is CN=C(NCCCN1C(=O)COc2ccccc21)NC1CN(C(C)C)CC1C.I. The second-order valence-corrected chi connectivity index (χ2v) is 7.93. The summed E-state index contributed by atoms with van der Waals surface area (Å²) in [6.45, 7) is 10.4. The van der Waals surface area contributed by atoms with Crippen LogP contribution in [0.1, 0.15) is 27.2 Å². The van der Waals surface area contributed by atoms with E-state index < -0.39 is 0 Å². The van der Waals surface area contributed by atoms with Crippen molar-refractivity contribution in [3.8, 4) is 5.75 Å². The van der Waals surface area contributed by atoms with Crippen LogP contribution in [0.25, 0.3) is 0 Å². The number of carbonyl (C=O) groups is 1. The molecule has 2 unspecified atom stereocenters. The molecule has 0 spiro atoms. The summed E-state index contributed by atoms with van der Waals surface area (Å²) in [5, 5.41) is 6.95. The average molecular weight is 515 g/mol. The number of likely N-dealkylation sites (tertiary alicyclic amines) is 1. The molecular weight excluding hydrogens is 481 g/mol. The number of anilines is 1. The van der Waals surface area contributed by atoms with Crippen molar-refractivity contribution >= 4 is 41.5 Å². The molecule has 2 atom stereocenters. The van der Waals surface area contributed by atoms with Gasteiger partial charge in [0.25, 0.3) is 5.91 Å². The van der Waals surface area contributed by atoms with E-state index >= 15 is 0 Å². The van der Waals surface area contributed by atoms with E-state index in [1.54, 1.807) is 7.05 Å². The number of nitrogens with one attached hydrogen (secondary N) is 2. The van der Waals surface area contributed by atoms with Crippen molar-refractivity contribution in [2.75, 3.05) is 44.7 Å². The van der Waals surface area contributed by atoms with Gasteiger partial charge in [-0.1, -0.05) is 19.1 Å². The van der Waals surface area contributed by atoms with Crippen LogP contribution >= 0.6 is 24.0 Å². The number of hydrogen-bond donors (Lipinski definition) is 2. The number of hydrogen-bond acceptors (Lipinski definition) is 4. The Bertz CT molecular complexity index is 712. The van der Waals surface area contributed by atoms with Gasteiger partial charge in [0.05, 0.1) is 5.69 Å². The zero-order valence-electron chi connectivity index (χ0n) is 17.9. The number of para-hydroxylation sites is 2. The van der Waals surface area contributed by atoms with E-state index in [4.69, 9.17) is 4.74 Å². The van der Waals surface area contributed by atoms with E-state index in [-0.39, 0.29) is 36.5 Å². The summed E-state index contributed by atoms with van der Waals surface area (Å²) in [5.41, 5.74) is 0.856. The normalized spacial score (nSPS) is 22.2. The highest BCUT2D eigenvalue weighted by Crippen LogP contribution is 2.31. The molecule has 0 aliphatic carbocycles. The third-order valence-electron chi connectivity index (χ3n) is 5.58. The first-order valence-corrected chi connectivity index (χ1v) is 10.2. The highest BCUT2D eigenvalue weighted by molar-refractivity contribution is 14.0. The van der Waals surface area contributed by atoms with Gasteiger partial charge >= 0.3 is 0 Å². The molecule has 0 radical (unpaired) electrons. The summed E-state index contributed by atoms with van der Waals surface area (Å²) in [5.74, 6) is 2.20. The van der Waals surface area contributed by atoms with Crippen LogP contribution in [0.3, 0.4) is 0 Å². The third-order valence-corrected chi connectivity index (χ3v) is 5.58. The van der Waals surface area contributed by atoms with E-state index in [0.29, 0.717) is 24.5 Å². The average Bonchev–Trinajstić information content (AvgIpc) is 3.06. The van der Waals surface area contributed by atoms with Crippen molar-refractivity contribution in [1.29, 1.82) is 0 Å². The van der Waals surface area contributed by atoms with E-state index in [9.17, 15) is 4.79 Å². The van der Waals surface area contributed by atoms with Gasteiger partial charge in [0.2, 0.25) is 0 Å². The second-order valence-electron chi connectivity index (χ2n) is 7.93. The lowest BCUT2D eigenvalue weighted by Gasteiger charge is -2.29. The maximum absolute atomic E-state index is 12.2. The third kappa shape index (κ3) is 5.97. The Hall–Kier alpha value is -1.55. The molecule has 2 N–H and O–H groups in total. The number of halogens is 1. The molecule has 29 heavy (non-hydrogen) atoms. The van der Waals surface area contributed by atoms with Gasteiger partial charge in [-0.2, -0.15) is 0 Å². The Kier molecular flexibility index (Phi) is 9.01. The molecule has 1 fully saturated rings. The number of amides is 1. The van der Waals surface area contributed by atoms with Crippen molar-refractivity contribution < 1.29 is 9.53 Å². The highest BCUT2D eigenvalue weighted by atomic mass is 127. The number of carbonyl (C=O) groups excluding carboxylic acids is 1. The Balaban J connectivity index is 0.00000300. The highest BCUT2D eigenvalue weighted by Gasteiger charge is 2.31. The Morgan fingerprint density at radius 3 is 2.76 bits per heavy atom. The van der Waals surface area contributed by atoms with Crippen molar-refractivity contribution in [2.24, 2.45) is 10.9 Å². The van der Waals surface area contributed by atoms with E-state index in [0.717, 1.165) is 43.5 Å². The summed E-state index contributed by atoms with van der Waals surface area (Å²) < 4.78 is 5.50. The molecule has 1 amide bonds. The smallest absolute Gasteiger partial charge is 0.265 e. The summed E-state index contributed by atoms with van der Waals surface area (Å²) >= 11 is 0. The molecule has 162 valence electrons. The van der Waals surface area contributed by atoms with Gasteiger partial charge in [-0.05, 0) is 38.3 Å². The van der Waals surface area contributed by atoms with Gasteiger partial charge in [-0.15, -0.1) is 24.0 Å². The largest absolute Gasteiger partial charge is 0.482 e. The Labute approximate surface area is 191 Å². The summed E-state index contributed by atoms with van der Waals surface area (Å²) in [6, 6.07) is 8.67. The number of ether oxygens (including phenoxy) is 1. The van der Waals surface area contributed by atoms with Gasteiger partial charge in [0.15, 0.2) is 12.6 Å². The minimum absolute atomic E-state index is 0. The molecule has 1 saturated heterocycles. The van der Waals surface area contributed by atoms with E-state index in [1.165, 1.54) is 0 Å². The molecule has 1 aromatic rings. The number of rotatable bonds is 6. The molecule has 2 heterocycles. The fraction of sp³-hybridized carbons (Fsp3) is 0.619. The first-order chi connectivity index (χ1) is 13.5. The monoisotopic (exact) mass is 515 g/mol. The molecule has 0 saturated carbocycles. The molecular formula is C21H34IN5O2. The molecule has 0 aromatic heterocycles. The number of benzene rings is 1. The maximum atomic E-state index is 12.2. The van der Waals surface area contributed by atoms with Gasteiger partial charge in [0.1, 0.15) is 5.75 Å². The van der Waals surface area contributed by atoms with Crippen LogP contribution in [0, 0.1) is 5.92 Å². The van der Waals surface area contributed by atoms with Crippen molar-refractivity contribution in [1.82, 2.24) is 15.5 Å². The van der Waals surface area contributed by atoms with Gasteiger partial charge in [-0.3, -0.25) is 14.7 Å². The first-order valence-electron chi connectivity index (χ1n) is 10.2. The molecule has 1 aromatic carbocycles. The van der Waals surface area contributed by atoms with Crippen LogP contribution in [0.4, 0.5) is 5.69 Å². The van der Waals surface area contributed by atoms with Gasteiger partial charge < -0.3 is 20.3 Å². The van der Waals surface area contributed by atoms with Crippen LogP contribution in [0.5, 0.6) is 5.75 Å². The van der Waals surface area contributed by atoms with Crippen LogP contribution in [-0.4, -0.2) is 68.7 Å². The Morgan fingerprint density at radius 1 is 1.31 bits per heavy atom. The molecule has 2 aliphatic heterocycles. The first kappa shape index (κ1) is 23.7. The van der Waals surface area contributed by atoms with Crippen molar-refractivity contribution in [3.05, 3.63) is 24.3 Å². The minimum atomic E-state index is 0. The van der Waals surface area contributed by atoms with Crippen LogP contribution in [0.15, 0.2) is 29.3 Å². The molecule has 3 rings (SSSR count). The molecule has 7 nitrogen and oxygen atoms in total. The van der Waals surface area contributed by atoms with Crippen LogP contribution in [-0.2, 0) is 4.79 Å². The number of fused-ring (bicyclic) bond motifs is 1. The quantitative estimate of drug-likeness (QED) is 0.264. The lowest BCUT2D eigenvalue weighted by atomic mass is 10.1.